The van der Waals surface area contributed by atoms with Crippen LogP contribution >= 0.6 is 0 Å². The molecule has 3 nitrogen and oxygen atoms in total. The van der Waals surface area contributed by atoms with Crippen molar-refractivity contribution in [2.75, 3.05) is 0 Å². The first kappa shape index (κ1) is 13.5. The number of carbonyl (C=O) groups excluding carboxylic acids is 1. The van der Waals surface area contributed by atoms with E-state index in [1.54, 1.807) is 0 Å². The maximum Gasteiger partial charge on any atom is 0.315 e. The monoisotopic (exact) mass is 272 g/mol. The number of amides is 2. The number of hydrogen-bond acceptors (Lipinski definition) is 1. The number of nitrogens with one attached hydrogen (secondary N) is 2. The summed E-state index contributed by atoms with van der Waals surface area (Å²) in [5.74, 6) is 0. The summed E-state index contributed by atoms with van der Waals surface area (Å²) in [6.45, 7) is 0. The van der Waals surface area contributed by atoms with Crippen LogP contribution in [0.15, 0.2) is 30.3 Å². The minimum Gasteiger partial charge on any atom is -0.335 e. The lowest BCUT2D eigenvalue weighted by molar-refractivity contribution is 0.220. The minimum atomic E-state index is -0.149. The van der Waals surface area contributed by atoms with Gasteiger partial charge in [0.2, 0.25) is 0 Å². The first-order valence-electron chi connectivity index (χ1n) is 7.93. The molecule has 0 bridgehead atoms. The smallest absolute Gasteiger partial charge is 0.315 e. The molecule has 0 heterocycles. The molecule has 2 amide bonds. The lowest BCUT2D eigenvalue weighted by Crippen LogP contribution is -2.50. The van der Waals surface area contributed by atoms with Crippen molar-refractivity contribution in [1.82, 2.24) is 10.6 Å². The molecule has 3 rings (SSSR count). The standard InChI is InChI=1S/C17H24N2O/c20-16(18-15-10-4-5-11-15)19-17(12-6-7-13-17)14-8-2-1-3-9-14/h1-3,8-9,15H,4-7,10-13H2,(H2,18,19,20). The summed E-state index contributed by atoms with van der Waals surface area (Å²) in [5.41, 5.74) is 1.10. The molecule has 0 spiro atoms. The van der Waals surface area contributed by atoms with Gasteiger partial charge in [-0.25, -0.2) is 4.79 Å². The highest BCUT2D eigenvalue weighted by molar-refractivity contribution is 5.75. The number of carbonyl (C=O) groups is 1. The molecule has 2 aliphatic rings. The molecule has 0 unspecified atom stereocenters. The fraction of sp³-hybridized carbons (Fsp3) is 0.588. The summed E-state index contributed by atoms with van der Waals surface area (Å²) >= 11 is 0. The molecule has 0 aromatic heterocycles. The van der Waals surface area contributed by atoms with Gasteiger partial charge in [0.25, 0.3) is 0 Å². The average Bonchev–Trinajstić information content (AvgIpc) is 3.12. The molecule has 0 saturated heterocycles. The van der Waals surface area contributed by atoms with Gasteiger partial charge < -0.3 is 10.6 Å². The van der Waals surface area contributed by atoms with E-state index in [9.17, 15) is 4.79 Å². The predicted octanol–water partition coefficient (Wildman–Crippen LogP) is 3.70. The summed E-state index contributed by atoms with van der Waals surface area (Å²) in [4.78, 5) is 12.3. The van der Waals surface area contributed by atoms with Crippen LogP contribution in [0, 0.1) is 0 Å². The van der Waals surface area contributed by atoms with E-state index < -0.39 is 0 Å². The van der Waals surface area contributed by atoms with E-state index in [1.807, 2.05) is 6.07 Å². The Morgan fingerprint density at radius 1 is 1.00 bits per heavy atom. The zero-order valence-corrected chi connectivity index (χ0v) is 12.0. The second kappa shape index (κ2) is 5.86. The van der Waals surface area contributed by atoms with Crippen molar-refractivity contribution in [3.8, 4) is 0 Å². The van der Waals surface area contributed by atoms with E-state index in [0.29, 0.717) is 6.04 Å². The van der Waals surface area contributed by atoms with Gasteiger partial charge in [-0.3, -0.25) is 0 Å². The van der Waals surface area contributed by atoms with Crippen molar-refractivity contribution < 1.29 is 4.79 Å². The molecule has 108 valence electrons. The number of benzene rings is 1. The molecule has 20 heavy (non-hydrogen) atoms. The highest BCUT2D eigenvalue weighted by Crippen LogP contribution is 2.38. The van der Waals surface area contributed by atoms with Crippen molar-refractivity contribution in [1.29, 1.82) is 0 Å². The number of urea groups is 1. The second-order valence-electron chi connectivity index (χ2n) is 6.24. The van der Waals surface area contributed by atoms with Gasteiger partial charge in [0.1, 0.15) is 0 Å². The zero-order chi connectivity index (χ0) is 13.8. The summed E-state index contributed by atoms with van der Waals surface area (Å²) < 4.78 is 0. The maximum atomic E-state index is 12.3. The predicted molar refractivity (Wildman–Crippen MR) is 80.5 cm³/mol. The van der Waals surface area contributed by atoms with Crippen LogP contribution in [0.1, 0.15) is 56.9 Å². The van der Waals surface area contributed by atoms with Crippen LogP contribution in [0.4, 0.5) is 4.79 Å². The van der Waals surface area contributed by atoms with Crippen LogP contribution < -0.4 is 10.6 Å². The molecular formula is C17H24N2O. The molecule has 2 fully saturated rings. The molecule has 2 aliphatic carbocycles. The SMILES string of the molecule is O=C(NC1CCCC1)NC1(c2ccccc2)CCCC1. The van der Waals surface area contributed by atoms with Crippen LogP contribution in [0.2, 0.25) is 0 Å². The molecule has 0 atom stereocenters. The average molecular weight is 272 g/mol. The topological polar surface area (TPSA) is 41.1 Å². The van der Waals surface area contributed by atoms with E-state index in [0.717, 1.165) is 25.7 Å². The lowest BCUT2D eigenvalue weighted by atomic mass is 9.88. The Morgan fingerprint density at radius 3 is 2.30 bits per heavy atom. The highest BCUT2D eigenvalue weighted by atomic mass is 16.2. The van der Waals surface area contributed by atoms with E-state index in [1.165, 1.54) is 31.2 Å². The number of hydrogen-bond donors (Lipinski definition) is 2. The summed E-state index contributed by atoms with van der Waals surface area (Å²) in [6, 6.07) is 10.8. The Bertz CT molecular complexity index is 445. The number of rotatable bonds is 3. The van der Waals surface area contributed by atoms with Gasteiger partial charge in [-0.2, -0.15) is 0 Å². The van der Waals surface area contributed by atoms with Gasteiger partial charge in [0, 0.05) is 6.04 Å². The molecule has 1 aromatic carbocycles. The third-order valence-electron chi connectivity index (χ3n) is 4.83. The molecule has 0 radical (unpaired) electrons. The maximum absolute atomic E-state index is 12.3. The van der Waals surface area contributed by atoms with Crippen LogP contribution in [-0.4, -0.2) is 12.1 Å². The van der Waals surface area contributed by atoms with E-state index in [2.05, 4.69) is 34.9 Å². The van der Waals surface area contributed by atoms with Crippen molar-refractivity contribution >= 4 is 6.03 Å². The van der Waals surface area contributed by atoms with Gasteiger partial charge in [-0.05, 0) is 31.2 Å². The molecular weight excluding hydrogens is 248 g/mol. The zero-order valence-electron chi connectivity index (χ0n) is 12.0. The quantitative estimate of drug-likeness (QED) is 0.865. The molecule has 2 saturated carbocycles. The van der Waals surface area contributed by atoms with Crippen LogP contribution in [0.3, 0.4) is 0 Å². The van der Waals surface area contributed by atoms with E-state index in [-0.39, 0.29) is 11.6 Å². The van der Waals surface area contributed by atoms with Gasteiger partial charge >= 0.3 is 6.03 Å². The fourth-order valence-corrected chi connectivity index (χ4v) is 3.73. The third kappa shape index (κ3) is 2.82. The lowest BCUT2D eigenvalue weighted by Gasteiger charge is -2.31. The van der Waals surface area contributed by atoms with Crippen LogP contribution in [0.25, 0.3) is 0 Å². The van der Waals surface area contributed by atoms with Gasteiger partial charge in [0.05, 0.1) is 5.54 Å². The summed E-state index contributed by atoms with van der Waals surface area (Å²) in [7, 11) is 0. The van der Waals surface area contributed by atoms with Crippen LogP contribution in [0.5, 0.6) is 0 Å². The fourth-order valence-electron chi connectivity index (χ4n) is 3.73. The van der Waals surface area contributed by atoms with Gasteiger partial charge in [0.15, 0.2) is 0 Å². The van der Waals surface area contributed by atoms with Crippen molar-refractivity contribution in [3.05, 3.63) is 35.9 Å². The van der Waals surface area contributed by atoms with E-state index >= 15 is 0 Å². The first-order chi connectivity index (χ1) is 9.78. The Balaban J connectivity index is 1.69. The van der Waals surface area contributed by atoms with Crippen LogP contribution in [-0.2, 0) is 5.54 Å². The third-order valence-corrected chi connectivity index (χ3v) is 4.83. The Morgan fingerprint density at radius 2 is 1.65 bits per heavy atom. The molecule has 1 aromatic rings. The van der Waals surface area contributed by atoms with Gasteiger partial charge in [-0.1, -0.05) is 56.0 Å². The van der Waals surface area contributed by atoms with E-state index in [4.69, 9.17) is 0 Å². The normalized spacial score (nSPS) is 21.8. The van der Waals surface area contributed by atoms with Crippen molar-refractivity contribution in [3.63, 3.8) is 0 Å². The second-order valence-corrected chi connectivity index (χ2v) is 6.24. The highest BCUT2D eigenvalue weighted by Gasteiger charge is 2.37. The molecule has 0 aliphatic heterocycles. The van der Waals surface area contributed by atoms with Crippen molar-refractivity contribution in [2.24, 2.45) is 0 Å². The molecule has 3 heteroatoms. The Kier molecular flexibility index (Phi) is 3.95. The van der Waals surface area contributed by atoms with Crippen molar-refractivity contribution in [2.45, 2.75) is 62.9 Å². The Labute approximate surface area is 121 Å². The summed E-state index contributed by atoms with van der Waals surface area (Å²) in [6.07, 6.45) is 9.24. The summed E-state index contributed by atoms with van der Waals surface area (Å²) in [5, 5.41) is 6.44. The first-order valence-corrected chi connectivity index (χ1v) is 7.93. The van der Waals surface area contributed by atoms with Gasteiger partial charge in [-0.15, -0.1) is 0 Å². The molecule has 2 N–H and O–H groups in total. The minimum absolute atomic E-state index is 0.0163. The Hall–Kier alpha value is -1.51. The largest absolute Gasteiger partial charge is 0.335 e.